The predicted molar refractivity (Wildman–Crippen MR) is 110 cm³/mol. The van der Waals surface area contributed by atoms with E-state index in [1.54, 1.807) is 30.3 Å². The number of carbonyl (C=O) groups is 2. The van der Waals surface area contributed by atoms with Crippen LogP contribution in [0.2, 0.25) is 0 Å². The summed E-state index contributed by atoms with van der Waals surface area (Å²) in [6.45, 7) is 1.74. The number of hydrogen-bond acceptors (Lipinski definition) is 5. The van der Waals surface area contributed by atoms with Crippen molar-refractivity contribution in [1.29, 1.82) is 0 Å². The zero-order valence-corrected chi connectivity index (χ0v) is 16.2. The van der Waals surface area contributed by atoms with E-state index < -0.39 is 17.7 Å². The molecular formula is C23H19FN2O4. The molecule has 0 aliphatic rings. The fraction of sp³-hybridized carbons (Fsp3) is 0.0870. The molecule has 0 radical (unpaired) electrons. The average Bonchev–Trinajstić information content (AvgIpc) is 2.74. The van der Waals surface area contributed by atoms with E-state index in [-0.39, 0.29) is 12.2 Å². The van der Waals surface area contributed by atoms with Crippen LogP contribution in [-0.4, -0.2) is 24.7 Å². The number of amides is 1. The minimum Gasteiger partial charge on any atom is -0.483 e. The highest BCUT2D eigenvalue weighted by Crippen LogP contribution is 2.16. The van der Waals surface area contributed by atoms with Crippen molar-refractivity contribution in [3.05, 3.63) is 95.3 Å². The SMILES string of the molecule is Cc1ccccc1OCC(=O)N/N=C\c1ccc(OC(=O)c2cccc(F)c2)cc1. The van der Waals surface area contributed by atoms with Gasteiger partial charge in [-0.05, 0) is 66.6 Å². The van der Waals surface area contributed by atoms with E-state index in [1.165, 1.54) is 24.4 Å². The van der Waals surface area contributed by atoms with Crippen molar-refractivity contribution in [3.8, 4) is 11.5 Å². The molecule has 0 bridgehead atoms. The van der Waals surface area contributed by atoms with Crippen molar-refractivity contribution < 1.29 is 23.5 Å². The average molecular weight is 406 g/mol. The fourth-order valence-electron chi connectivity index (χ4n) is 2.48. The summed E-state index contributed by atoms with van der Waals surface area (Å²) in [5.74, 6) is -0.619. The van der Waals surface area contributed by atoms with Crippen molar-refractivity contribution in [1.82, 2.24) is 5.43 Å². The van der Waals surface area contributed by atoms with Gasteiger partial charge in [0.2, 0.25) is 0 Å². The van der Waals surface area contributed by atoms with Gasteiger partial charge in [0.15, 0.2) is 6.61 Å². The van der Waals surface area contributed by atoms with Crippen LogP contribution in [-0.2, 0) is 4.79 Å². The number of ether oxygens (including phenoxy) is 2. The molecule has 1 amide bonds. The van der Waals surface area contributed by atoms with Crippen LogP contribution in [0.1, 0.15) is 21.5 Å². The van der Waals surface area contributed by atoms with Gasteiger partial charge in [0, 0.05) is 0 Å². The number of para-hydroxylation sites is 1. The molecule has 30 heavy (non-hydrogen) atoms. The second-order valence-electron chi connectivity index (χ2n) is 6.32. The molecule has 0 heterocycles. The highest BCUT2D eigenvalue weighted by molar-refractivity contribution is 5.91. The Bertz CT molecular complexity index is 1060. The number of rotatable bonds is 7. The lowest BCUT2D eigenvalue weighted by Gasteiger charge is -2.07. The summed E-state index contributed by atoms with van der Waals surface area (Å²) in [5, 5.41) is 3.87. The lowest BCUT2D eigenvalue weighted by atomic mass is 10.2. The number of nitrogens with one attached hydrogen (secondary N) is 1. The highest BCUT2D eigenvalue weighted by Gasteiger charge is 2.09. The van der Waals surface area contributed by atoms with Crippen molar-refractivity contribution in [2.75, 3.05) is 6.61 Å². The molecule has 0 aliphatic heterocycles. The maximum absolute atomic E-state index is 13.2. The van der Waals surface area contributed by atoms with Gasteiger partial charge in [-0.15, -0.1) is 0 Å². The van der Waals surface area contributed by atoms with E-state index >= 15 is 0 Å². The Morgan fingerprint density at radius 2 is 1.80 bits per heavy atom. The summed E-state index contributed by atoms with van der Waals surface area (Å²) in [5.41, 5.74) is 4.12. The van der Waals surface area contributed by atoms with E-state index in [9.17, 15) is 14.0 Å². The molecule has 0 unspecified atom stereocenters. The standard InChI is InChI=1S/C23H19FN2O4/c1-16-5-2-3-8-21(16)29-15-22(27)26-25-14-17-9-11-20(12-10-17)30-23(28)18-6-4-7-19(24)13-18/h2-14H,15H2,1H3,(H,26,27)/b25-14-. The Morgan fingerprint density at radius 3 is 2.53 bits per heavy atom. The van der Waals surface area contributed by atoms with Crippen LogP contribution in [0, 0.1) is 12.7 Å². The second kappa shape index (κ2) is 9.97. The van der Waals surface area contributed by atoms with Gasteiger partial charge in [-0.1, -0.05) is 24.3 Å². The molecule has 3 aromatic rings. The first-order valence-electron chi connectivity index (χ1n) is 9.09. The Kier molecular flexibility index (Phi) is 6.89. The minimum absolute atomic E-state index is 0.122. The largest absolute Gasteiger partial charge is 0.483 e. The number of carbonyl (C=O) groups excluding carboxylic acids is 2. The molecule has 0 saturated heterocycles. The Morgan fingerprint density at radius 1 is 1.03 bits per heavy atom. The molecule has 7 heteroatoms. The monoisotopic (exact) mass is 406 g/mol. The van der Waals surface area contributed by atoms with Crippen LogP contribution in [0.5, 0.6) is 11.5 Å². The first-order chi connectivity index (χ1) is 14.5. The summed E-state index contributed by atoms with van der Waals surface area (Å²) >= 11 is 0. The van der Waals surface area contributed by atoms with E-state index in [4.69, 9.17) is 9.47 Å². The van der Waals surface area contributed by atoms with Crippen LogP contribution < -0.4 is 14.9 Å². The topological polar surface area (TPSA) is 77.0 Å². The van der Waals surface area contributed by atoms with Gasteiger partial charge in [0.1, 0.15) is 17.3 Å². The normalized spacial score (nSPS) is 10.6. The molecule has 0 fully saturated rings. The third kappa shape index (κ3) is 6.00. The summed E-state index contributed by atoms with van der Waals surface area (Å²) in [6.07, 6.45) is 1.45. The van der Waals surface area contributed by atoms with Crippen LogP contribution in [0.15, 0.2) is 77.9 Å². The van der Waals surface area contributed by atoms with Crippen LogP contribution >= 0.6 is 0 Å². The van der Waals surface area contributed by atoms with Gasteiger partial charge < -0.3 is 9.47 Å². The fourth-order valence-corrected chi connectivity index (χ4v) is 2.48. The van der Waals surface area contributed by atoms with E-state index in [0.29, 0.717) is 17.1 Å². The number of aryl methyl sites for hydroxylation is 1. The van der Waals surface area contributed by atoms with Gasteiger partial charge >= 0.3 is 5.97 Å². The van der Waals surface area contributed by atoms with Gasteiger partial charge in [-0.2, -0.15) is 5.10 Å². The summed E-state index contributed by atoms with van der Waals surface area (Å²) in [7, 11) is 0. The Balaban J connectivity index is 1.48. The van der Waals surface area contributed by atoms with E-state index in [2.05, 4.69) is 10.5 Å². The first kappa shape index (κ1) is 20.7. The van der Waals surface area contributed by atoms with Crippen LogP contribution in [0.3, 0.4) is 0 Å². The zero-order chi connectivity index (χ0) is 21.3. The number of halogens is 1. The molecule has 0 aliphatic carbocycles. The third-order valence-electron chi connectivity index (χ3n) is 4.01. The number of hydrazone groups is 1. The lowest BCUT2D eigenvalue weighted by molar-refractivity contribution is -0.123. The lowest BCUT2D eigenvalue weighted by Crippen LogP contribution is -2.24. The van der Waals surface area contributed by atoms with Gasteiger partial charge in [0.05, 0.1) is 11.8 Å². The molecule has 3 rings (SSSR count). The zero-order valence-electron chi connectivity index (χ0n) is 16.2. The van der Waals surface area contributed by atoms with E-state index in [0.717, 1.165) is 11.6 Å². The molecule has 0 aromatic heterocycles. The highest BCUT2D eigenvalue weighted by atomic mass is 19.1. The van der Waals surface area contributed by atoms with Gasteiger partial charge in [-0.25, -0.2) is 14.6 Å². The van der Waals surface area contributed by atoms with Crippen LogP contribution in [0.4, 0.5) is 4.39 Å². The molecule has 0 saturated carbocycles. The summed E-state index contributed by atoms with van der Waals surface area (Å²) in [6, 6.07) is 19.1. The van der Waals surface area contributed by atoms with E-state index in [1.807, 2.05) is 25.1 Å². The predicted octanol–water partition coefficient (Wildman–Crippen LogP) is 3.88. The molecule has 0 spiro atoms. The Labute approximate surface area is 173 Å². The molecule has 1 N–H and O–H groups in total. The molecule has 152 valence electrons. The van der Waals surface area contributed by atoms with Crippen molar-refractivity contribution in [2.45, 2.75) is 6.92 Å². The van der Waals surface area contributed by atoms with Crippen molar-refractivity contribution in [2.24, 2.45) is 5.10 Å². The van der Waals surface area contributed by atoms with Crippen LogP contribution in [0.25, 0.3) is 0 Å². The maximum atomic E-state index is 13.2. The number of esters is 1. The maximum Gasteiger partial charge on any atom is 0.343 e. The molecule has 6 nitrogen and oxygen atoms in total. The van der Waals surface area contributed by atoms with Gasteiger partial charge in [-0.3, -0.25) is 4.79 Å². The number of benzene rings is 3. The third-order valence-corrected chi connectivity index (χ3v) is 4.01. The molecule has 0 atom stereocenters. The Hall–Kier alpha value is -4.00. The smallest absolute Gasteiger partial charge is 0.343 e. The van der Waals surface area contributed by atoms with Crippen molar-refractivity contribution >= 4 is 18.1 Å². The summed E-state index contributed by atoms with van der Waals surface area (Å²) in [4.78, 5) is 23.8. The van der Waals surface area contributed by atoms with Crippen molar-refractivity contribution in [3.63, 3.8) is 0 Å². The summed E-state index contributed by atoms with van der Waals surface area (Å²) < 4.78 is 23.8. The second-order valence-corrected chi connectivity index (χ2v) is 6.32. The first-order valence-corrected chi connectivity index (χ1v) is 9.09. The molecule has 3 aromatic carbocycles. The minimum atomic E-state index is -0.656. The number of nitrogens with zero attached hydrogens (tertiary/aromatic N) is 1. The van der Waals surface area contributed by atoms with Gasteiger partial charge in [0.25, 0.3) is 5.91 Å². The quantitative estimate of drug-likeness (QED) is 0.280. The molecular weight excluding hydrogens is 387 g/mol. The number of hydrogen-bond donors (Lipinski definition) is 1.